The Morgan fingerprint density at radius 2 is 1.94 bits per heavy atom. The molecule has 1 aromatic carbocycles. The number of benzene rings is 1. The lowest BCUT2D eigenvalue weighted by Gasteiger charge is -2.14. The van der Waals surface area contributed by atoms with Gasteiger partial charge in [-0.3, -0.25) is 0 Å². The number of halogens is 1. The maximum absolute atomic E-state index is 6.18. The van der Waals surface area contributed by atoms with Crippen LogP contribution in [0.15, 0.2) is 18.2 Å². The Bertz CT molecular complexity index is 530. The highest BCUT2D eigenvalue weighted by Crippen LogP contribution is 2.33. The quantitative estimate of drug-likeness (QED) is 0.776. The van der Waals surface area contributed by atoms with E-state index in [2.05, 4.69) is 10.3 Å². The van der Waals surface area contributed by atoms with Gasteiger partial charge < -0.3 is 5.32 Å². The molecule has 1 N–H and O–H groups in total. The molecule has 0 radical (unpaired) electrons. The van der Waals surface area contributed by atoms with Gasteiger partial charge in [-0.1, -0.05) is 54.7 Å². The van der Waals surface area contributed by atoms with E-state index in [0.717, 1.165) is 20.4 Å². The monoisotopic (exact) mass is 280 g/mol. The third-order valence-corrected chi connectivity index (χ3v) is 5.01. The SMILES string of the molecule is Clc1cccc2nc(NC3CCCCCC3)sc12. The van der Waals surface area contributed by atoms with Gasteiger partial charge in [0, 0.05) is 6.04 Å². The van der Waals surface area contributed by atoms with Gasteiger partial charge >= 0.3 is 0 Å². The van der Waals surface area contributed by atoms with Gasteiger partial charge in [-0.25, -0.2) is 4.98 Å². The summed E-state index contributed by atoms with van der Waals surface area (Å²) in [5, 5.41) is 5.41. The molecule has 0 unspecified atom stereocenters. The van der Waals surface area contributed by atoms with Crippen LogP contribution < -0.4 is 5.32 Å². The minimum absolute atomic E-state index is 0.590. The summed E-state index contributed by atoms with van der Waals surface area (Å²) in [6.07, 6.45) is 7.97. The first kappa shape index (κ1) is 12.2. The molecule has 0 spiro atoms. The lowest BCUT2D eigenvalue weighted by atomic mass is 10.1. The fraction of sp³-hybridized carbons (Fsp3) is 0.500. The summed E-state index contributed by atoms with van der Waals surface area (Å²) < 4.78 is 1.09. The Morgan fingerprint density at radius 1 is 1.17 bits per heavy atom. The zero-order chi connectivity index (χ0) is 12.4. The number of fused-ring (bicyclic) bond motifs is 1. The van der Waals surface area contributed by atoms with Crippen molar-refractivity contribution in [2.45, 2.75) is 44.6 Å². The van der Waals surface area contributed by atoms with Crippen LogP contribution in [-0.4, -0.2) is 11.0 Å². The normalized spacial score (nSPS) is 17.8. The second-order valence-electron chi connectivity index (χ2n) is 4.94. The Morgan fingerprint density at radius 3 is 2.67 bits per heavy atom. The molecule has 2 aromatic rings. The van der Waals surface area contributed by atoms with Crippen molar-refractivity contribution in [1.29, 1.82) is 0 Å². The van der Waals surface area contributed by atoms with Crippen molar-refractivity contribution in [2.75, 3.05) is 5.32 Å². The highest BCUT2D eigenvalue weighted by Gasteiger charge is 2.14. The zero-order valence-corrected chi connectivity index (χ0v) is 11.9. The number of hydrogen-bond donors (Lipinski definition) is 1. The summed E-state index contributed by atoms with van der Waals surface area (Å²) in [4.78, 5) is 4.62. The lowest BCUT2D eigenvalue weighted by molar-refractivity contribution is 0.620. The summed E-state index contributed by atoms with van der Waals surface area (Å²) in [7, 11) is 0. The Kier molecular flexibility index (Phi) is 3.71. The van der Waals surface area contributed by atoms with Crippen LogP contribution in [0.5, 0.6) is 0 Å². The molecule has 0 saturated heterocycles. The second-order valence-corrected chi connectivity index (χ2v) is 6.35. The van der Waals surface area contributed by atoms with E-state index in [-0.39, 0.29) is 0 Å². The second kappa shape index (κ2) is 5.45. The van der Waals surface area contributed by atoms with E-state index >= 15 is 0 Å². The van der Waals surface area contributed by atoms with Crippen molar-refractivity contribution in [3.8, 4) is 0 Å². The molecule has 3 rings (SSSR count). The average Bonchev–Trinajstić information content (AvgIpc) is 2.60. The van der Waals surface area contributed by atoms with Crippen LogP contribution in [0.4, 0.5) is 5.13 Å². The number of thiazole rings is 1. The summed E-state index contributed by atoms with van der Waals surface area (Å²) >= 11 is 7.85. The highest BCUT2D eigenvalue weighted by molar-refractivity contribution is 7.22. The van der Waals surface area contributed by atoms with E-state index in [1.165, 1.54) is 38.5 Å². The van der Waals surface area contributed by atoms with Gasteiger partial charge in [0.2, 0.25) is 0 Å². The Labute approximate surface area is 116 Å². The van der Waals surface area contributed by atoms with Crippen LogP contribution in [0.25, 0.3) is 10.2 Å². The number of rotatable bonds is 2. The molecule has 1 aliphatic rings. The molecule has 1 saturated carbocycles. The van der Waals surface area contributed by atoms with Crippen molar-refractivity contribution in [1.82, 2.24) is 4.98 Å². The predicted octanol–water partition coefficient (Wildman–Crippen LogP) is 5.08. The molecule has 0 atom stereocenters. The molecule has 1 aromatic heterocycles. The Balaban J connectivity index is 1.79. The molecule has 0 amide bonds. The minimum Gasteiger partial charge on any atom is -0.359 e. The fourth-order valence-corrected chi connectivity index (χ4v) is 3.81. The maximum atomic E-state index is 6.18. The van der Waals surface area contributed by atoms with Crippen LogP contribution in [-0.2, 0) is 0 Å². The van der Waals surface area contributed by atoms with Gasteiger partial charge in [0.05, 0.1) is 15.2 Å². The van der Waals surface area contributed by atoms with E-state index in [1.807, 2.05) is 18.2 Å². The predicted molar refractivity (Wildman–Crippen MR) is 79.7 cm³/mol. The first-order valence-electron chi connectivity index (χ1n) is 6.64. The molecular formula is C14H17ClN2S. The zero-order valence-electron chi connectivity index (χ0n) is 10.3. The van der Waals surface area contributed by atoms with Crippen LogP contribution in [0, 0.1) is 0 Å². The van der Waals surface area contributed by atoms with Crippen LogP contribution in [0.2, 0.25) is 5.02 Å². The van der Waals surface area contributed by atoms with E-state index in [1.54, 1.807) is 11.3 Å². The molecule has 1 heterocycles. The summed E-state index contributed by atoms with van der Waals surface area (Å²) in [6, 6.07) is 6.50. The molecule has 2 nitrogen and oxygen atoms in total. The van der Waals surface area contributed by atoms with Gasteiger partial charge in [0.25, 0.3) is 0 Å². The lowest BCUT2D eigenvalue weighted by Crippen LogP contribution is -2.17. The third-order valence-electron chi connectivity index (χ3n) is 3.55. The smallest absolute Gasteiger partial charge is 0.184 e. The molecule has 4 heteroatoms. The first-order chi connectivity index (χ1) is 8.83. The Hall–Kier alpha value is -0.800. The number of anilines is 1. The van der Waals surface area contributed by atoms with Crippen molar-refractivity contribution in [3.05, 3.63) is 23.2 Å². The molecule has 1 fully saturated rings. The van der Waals surface area contributed by atoms with Crippen LogP contribution in [0.3, 0.4) is 0 Å². The van der Waals surface area contributed by atoms with E-state index in [9.17, 15) is 0 Å². The van der Waals surface area contributed by atoms with Gasteiger partial charge in [-0.15, -0.1) is 0 Å². The van der Waals surface area contributed by atoms with Gasteiger partial charge in [-0.05, 0) is 25.0 Å². The number of aromatic nitrogens is 1. The summed E-state index contributed by atoms with van der Waals surface area (Å²) in [5.41, 5.74) is 1.00. The van der Waals surface area contributed by atoms with Gasteiger partial charge in [0.1, 0.15) is 0 Å². The van der Waals surface area contributed by atoms with Crippen molar-refractivity contribution in [2.24, 2.45) is 0 Å². The van der Waals surface area contributed by atoms with Crippen LogP contribution >= 0.6 is 22.9 Å². The number of nitrogens with one attached hydrogen (secondary N) is 1. The van der Waals surface area contributed by atoms with Gasteiger partial charge in [0.15, 0.2) is 5.13 Å². The fourth-order valence-electron chi connectivity index (χ4n) is 2.58. The molecule has 0 aliphatic heterocycles. The first-order valence-corrected chi connectivity index (χ1v) is 7.84. The minimum atomic E-state index is 0.590. The number of hydrogen-bond acceptors (Lipinski definition) is 3. The van der Waals surface area contributed by atoms with Crippen molar-refractivity contribution in [3.63, 3.8) is 0 Å². The van der Waals surface area contributed by atoms with Crippen molar-refractivity contribution >= 4 is 38.3 Å². The van der Waals surface area contributed by atoms with E-state index in [4.69, 9.17) is 11.6 Å². The van der Waals surface area contributed by atoms with Crippen molar-refractivity contribution < 1.29 is 0 Å². The van der Waals surface area contributed by atoms with Crippen LogP contribution in [0.1, 0.15) is 38.5 Å². The topological polar surface area (TPSA) is 24.9 Å². The van der Waals surface area contributed by atoms with E-state index in [0.29, 0.717) is 6.04 Å². The molecule has 0 bridgehead atoms. The molecule has 96 valence electrons. The third kappa shape index (κ3) is 2.62. The molecule has 1 aliphatic carbocycles. The summed E-state index contributed by atoms with van der Waals surface area (Å²) in [5.74, 6) is 0. The van der Waals surface area contributed by atoms with Gasteiger partial charge in [-0.2, -0.15) is 0 Å². The largest absolute Gasteiger partial charge is 0.359 e. The number of nitrogens with zero attached hydrogens (tertiary/aromatic N) is 1. The van der Waals surface area contributed by atoms with E-state index < -0.39 is 0 Å². The molecule has 18 heavy (non-hydrogen) atoms. The molecular weight excluding hydrogens is 264 g/mol. The summed E-state index contributed by atoms with van der Waals surface area (Å²) in [6.45, 7) is 0. The maximum Gasteiger partial charge on any atom is 0.184 e. The average molecular weight is 281 g/mol. The highest BCUT2D eigenvalue weighted by atomic mass is 35.5. The standard InChI is InChI=1S/C14H17ClN2S/c15-11-8-5-9-12-13(11)18-14(17-12)16-10-6-3-1-2-4-7-10/h5,8-10H,1-4,6-7H2,(H,16,17).